The van der Waals surface area contributed by atoms with E-state index in [1.54, 1.807) is 25.3 Å². The summed E-state index contributed by atoms with van der Waals surface area (Å²) in [5, 5.41) is 0. The minimum absolute atomic E-state index is 0.0531. The Kier molecular flexibility index (Phi) is 6.75. The van der Waals surface area contributed by atoms with E-state index in [4.69, 9.17) is 10.2 Å². The van der Waals surface area contributed by atoms with Gasteiger partial charge in [-0.2, -0.15) is 0 Å². The molecule has 0 fully saturated rings. The third-order valence-electron chi connectivity index (χ3n) is 3.45. The molecule has 0 saturated carbocycles. The van der Waals surface area contributed by atoms with Gasteiger partial charge in [-0.05, 0) is 31.5 Å². The number of carbonyl (C=O) groups is 1. The molecule has 5 heteroatoms. The molecule has 2 N–H and O–H groups in total. The van der Waals surface area contributed by atoms with Crippen molar-refractivity contribution in [1.29, 1.82) is 0 Å². The molecule has 0 aliphatic carbocycles. The maximum absolute atomic E-state index is 12.0. The molecule has 0 aromatic carbocycles. The number of carbonyl (C=O) groups excluding carboxylic acids is 1. The average Bonchev–Trinajstić information content (AvgIpc) is 2.92. The highest BCUT2D eigenvalue weighted by atomic mass is 16.3. The van der Waals surface area contributed by atoms with E-state index in [1.165, 1.54) is 0 Å². The number of hydrogen-bond donors (Lipinski definition) is 1. The molecular formula is C15H27N3O2. The lowest BCUT2D eigenvalue weighted by atomic mass is 10.0. The van der Waals surface area contributed by atoms with E-state index in [9.17, 15) is 4.79 Å². The SMILES string of the molecule is CCCN(CC(=O)N(C)C)C(c1ccco1)C(N)CC. The molecule has 0 radical (unpaired) electrons. The highest BCUT2D eigenvalue weighted by Crippen LogP contribution is 2.25. The van der Waals surface area contributed by atoms with Crippen LogP contribution in [0.4, 0.5) is 0 Å². The van der Waals surface area contributed by atoms with Crippen molar-refractivity contribution in [3.05, 3.63) is 24.2 Å². The molecule has 1 rings (SSSR count). The second-order valence-electron chi connectivity index (χ2n) is 5.29. The van der Waals surface area contributed by atoms with E-state index in [0.29, 0.717) is 6.54 Å². The molecule has 114 valence electrons. The number of nitrogens with zero attached hydrogens (tertiary/aromatic N) is 2. The summed E-state index contributed by atoms with van der Waals surface area (Å²) >= 11 is 0. The van der Waals surface area contributed by atoms with Crippen molar-refractivity contribution in [2.45, 2.75) is 38.8 Å². The van der Waals surface area contributed by atoms with Gasteiger partial charge < -0.3 is 15.1 Å². The van der Waals surface area contributed by atoms with Crippen LogP contribution in [0.25, 0.3) is 0 Å². The Labute approximate surface area is 121 Å². The minimum Gasteiger partial charge on any atom is -0.468 e. The lowest BCUT2D eigenvalue weighted by molar-refractivity contribution is -0.130. The second-order valence-corrected chi connectivity index (χ2v) is 5.29. The van der Waals surface area contributed by atoms with Gasteiger partial charge in [-0.25, -0.2) is 0 Å². The van der Waals surface area contributed by atoms with Crippen LogP contribution in [0.5, 0.6) is 0 Å². The van der Waals surface area contributed by atoms with E-state index in [-0.39, 0.29) is 18.0 Å². The highest BCUT2D eigenvalue weighted by Gasteiger charge is 2.29. The summed E-state index contributed by atoms with van der Waals surface area (Å²) in [6, 6.07) is 3.69. The fraction of sp³-hybridized carbons (Fsp3) is 0.667. The monoisotopic (exact) mass is 281 g/mol. The first-order valence-electron chi connectivity index (χ1n) is 7.24. The number of nitrogens with two attached hydrogens (primary N) is 1. The van der Waals surface area contributed by atoms with Gasteiger partial charge in [0.15, 0.2) is 0 Å². The van der Waals surface area contributed by atoms with Crippen molar-refractivity contribution >= 4 is 5.91 Å². The number of amides is 1. The largest absolute Gasteiger partial charge is 0.468 e. The van der Waals surface area contributed by atoms with E-state index < -0.39 is 0 Å². The third-order valence-corrected chi connectivity index (χ3v) is 3.45. The zero-order valence-corrected chi connectivity index (χ0v) is 13.0. The van der Waals surface area contributed by atoms with E-state index in [2.05, 4.69) is 18.7 Å². The van der Waals surface area contributed by atoms with Gasteiger partial charge in [0.25, 0.3) is 0 Å². The summed E-state index contributed by atoms with van der Waals surface area (Å²) in [4.78, 5) is 15.8. The molecule has 0 spiro atoms. The van der Waals surface area contributed by atoms with Crippen LogP contribution < -0.4 is 5.73 Å². The van der Waals surface area contributed by atoms with Gasteiger partial charge in [-0.15, -0.1) is 0 Å². The summed E-state index contributed by atoms with van der Waals surface area (Å²) in [7, 11) is 3.54. The zero-order valence-electron chi connectivity index (χ0n) is 13.0. The third kappa shape index (κ3) is 4.35. The van der Waals surface area contributed by atoms with Gasteiger partial charge in [0.05, 0.1) is 18.8 Å². The Morgan fingerprint density at radius 2 is 2.10 bits per heavy atom. The summed E-state index contributed by atoms with van der Waals surface area (Å²) in [6.45, 7) is 5.33. The number of likely N-dealkylation sites (N-methyl/N-ethyl adjacent to an activating group) is 1. The second kappa shape index (κ2) is 8.07. The molecule has 0 saturated heterocycles. The van der Waals surface area contributed by atoms with Crippen molar-refractivity contribution in [2.75, 3.05) is 27.2 Å². The first-order valence-corrected chi connectivity index (χ1v) is 7.24. The van der Waals surface area contributed by atoms with Crippen LogP contribution in [0.2, 0.25) is 0 Å². The summed E-state index contributed by atoms with van der Waals surface area (Å²) < 4.78 is 5.54. The Bertz CT molecular complexity index is 390. The van der Waals surface area contributed by atoms with E-state index in [1.807, 2.05) is 12.1 Å². The highest BCUT2D eigenvalue weighted by molar-refractivity contribution is 5.77. The molecule has 2 atom stereocenters. The molecule has 1 amide bonds. The fourth-order valence-electron chi connectivity index (χ4n) is 2.26. The van der Waals surface area contributed by atoms with Gasteiger partial charge in [-0.1, -0.05) is 13.8 Å². The van der Waals surface area contributed by atoms with Crippen LogP contribution in [0.3, 0.4) is 0 Å². The zero-order chi connectivity index (χ0) is 15.1. The van der Waals surface area contributed by atoms with Gasteiger partial charge >= 0.3 is 0 Å². The molecule has 20 heavy (non-hydrogen) atoms. The molecule has 5 nitrogen and oxygen atoms in total. The molecule has 1 aromatic rings. The maximum Gasteiger partial charge on any atom is 0.236 e. The van der Waals surface area contributed by atoms with Crippen LogP contribution in [-0.2, 0) is 4.79 Å². The van der Waals surface area contributed by atoms with Crippen LogP contribution >= 0.6 is 0 Å². The van der Waals surface area contributed by atoms with Crippen LogP contribution in [0.1, 0.15) is 38.5 Å². The Morgan fingerprint density at radius 1 is 1.40 bits per heavy atom. The summed E-state index contributed by atoms with van der Waals surface area (Å²) in [5.74, 6) is 0.915. The van der Waals surface area contributed by atoms with Crippen molar-refractivity contribution < 1.29 is 9.21 Å². The van der Waals surface area contributed by atoms with Crippen LogP contribution in [0.15, 0.2) is 22.8 Å². The fourth-order valence-corrected chi connectivity index (χ4v) is 2.26. The van der Waals surface area contributed by atoms with Crippen molar-refractivity contribution in [3.63, 3.8) is 0 Å². The molecule has 0 aliphatic heterocycles. The predicted molar refractivity (Wildman–Crippen MR) is 80.3 cm³/mol. The first kappa shape index (κ1) is 16.7. The topological polar surface area (TPSA) is 62.7 Å². The van der Waals surface area contributed by atoms with Gasteiger partial charge in [0.2, 0.25) is 5.91 Å². The number of hydrogen-bond acceptors (Lipinski definition) is 4. The Balaban J connectivity index is 2.95. The smallest absolute Gasteiger partial charge is 0.236 e. The van der Waals surface area contributed by atoms with Crippen molar-refractivity contribution in [1.82, 2.24) is 9.80 Å². The van der Waals surface area contributed by atoms with Crippen molar-refractivity contribution in [2.24, 2.45) is 5.73 Å². The van der Waals surface area contributed by atoms with Gasteiger partial charge in [0.1, 0.15) is 5.76 Å². The number of furan rings is 1. The quantitative estimate of drug-likeness (QED) is 0.790. The predicted octanol–water partition coefficient (Wildman–Crippen LogP) is 1.86. The van der Waals surface area contributed by atoms with Crippen LogP contribution in [-0.4, -0.2) is 48.9 Å². The molecule has 0 bridgehead atoms. The lowest BCUT2D eigenvalue weighted by Crippen LogP contribution is -2.45. The molecule has 0 aliphatic rings. The Hall–Kier alpha value is -1.33. The normalized spacial score (nSPS) is 14.3. The van der Waals surface area contributed by atoms with Gasteiger partial charge in [0, 0.05) is 20.1 Å². The average molecular weight is 281 g/mol. The standard InChI is InChI=1S/C15H27N3O2/c1-5-9-18(11-14(19)17(3)4)15(12(16)6-2)13-8-7-10-20-13/h7-8,10,12,15H,5-6,9,11,16H2,1-4H3. The van der Waals surface area contributed by atoms with E-state index >= 15 is 0 Å². The first-order chi connectivity index (χ1) is 9.51. The van der Waals surface area contributed by atoms with Crippen molar-refractivity contribution in [3.8, 4) is 0 Å². The molecule has 1 aromatic heterocycles. The number of rotatable bonds is 8. The Morgan fingerprint density at radius 3 is 2.55 bits per heavy atom. The summed E-state index contributed by atoms with van der Waals surface area (Å²) in [5.41, 5.74) is 6.26. The minimum atomic E-state index is -0.0566. The van der Waals surface area contributed by atoms with E-state index in [0.717, 1.165) is 25.1 Å². The van der Waals surface area contributed by atoms with Crippen LogP contribution in [0, 0.1) is 0 Å². The lowest BCUT2D eigenvalue weighted by Gasteiger charge is -2.33. The molecule has 2 unspecified atom stereocenters. The molecular weight excluding hydrogens is 254 g/mol. The maximum atomic E-state index is 12.0. The summed E-state index contributed by atoms with van der Waals surface area (Å²) in [6.07, 6.45) is 3.46. The molecule has 1 heterocycles. The van der Waals surface area contributed by atoms with Gasteiger partial charge in [-0.3, -0.25) is 9.69 Å².